The zero-order chi connectivity index (χ0) is 16.6. The highest BCUT2D eigenvalue weighted by molar-refractivity contribution is 5.76. The normalized spacial score (nSPS) is 29.3. The molecule has 0 amide bonds. The van der Waals surface area contributed by atoms with Crippen molar-refractivity contribution in [1.29, 1.82) is 0 Å². The van der Waals surface area contributed by atoms with Crippen LogP contribution in [0, 0.1) is 17.0 Å². The van der Waals surface area contributed by atoms with E-state index in [9.17, 15) is 18.7 Å². The van der Waals surface area contributed by atoms with Gasteiger partial charge in [0.25, 0.3) is 0 Å². The van der Waals surface area contributed by atoms with Crippen molar-refractivity contribution in [2.75, 3.05) is 26.7 Å². The van der Waals surface area contributed by atoms with Crippen LogP contribution in [0.3, 0.4) is 0 Å². The molecule has 6 heteroatoms. The van der Waals surface area contributed by atoms with E-state index in [2.05, 4.69) is 4.90 Å². The van der Waals surface area contributed by atoms with Gasteiger partial charge >= 0.3 is 5.97 Å². The van der Waals surface area contributed by atoms with Gasteiger partial charge in [-0.1, -0.05) is 12.1 Å². The summed E-state index contributed by atoms with van der Waals surface area (Å²) in [6.07, 6.45) is 2.13. The summed E-state index contributed by atoms with van der Waals surface area (Å²) in [6.45, 7) is 2.34. The number of benzene rings is 1. The summed E-state index contributed by atoms with van der Waals surface area (Å²) in [4.78, 5) is 16.0. The summed E-state index contributed by atoms with van der Waals surface area (Å²) < 4.78 is 27.2. The zero-order valence-corrected chi connectivity index (χ0v) is 13.3. The molecular formula is C17H22F2N2O2. The fourth-order valence-electron chi connectivity index (χ4n) is 4.10. The van der Waals surface area contributed by atoms with Crippen molar-refractivity contribution in [2.45, 2.75) is 31.8 Å². The second kappa shape index (κ2) is 6.17. The number of carboxylic acids is 1. The average Bonchev–Trinajstić information content (AvgIpc) is 2.52. The van der Waals surface area contributed by atoms with Gasteiger partial charge in [0.15, 0.2) is 11.6 Å². The topological polar surface area (TPSA) is 43.8 Å². The van der Waals surface area contributed by atoms with Crippen LogP contribution in [0.1, 0.15) is 24.8 Å². The summed E-state index contributed by atoms with van der Waals surface area (Å²) >= 11 is 0. The zero-order valence-electron chi connectivity index (χ0n) is 13.3. The van der Waals surface area contributed by atoms with E-state index in [0.29, 0.717) is 38.0 Å². The van der Waals surface area contributed by atoms with Crippen LogP contribution in [0.2, 0.25) is 0 Å². The molecule has 23 heavy (non-hydrogen) atoms. The van der Waals surface area contributed by atoms with Gasteiger partial charge < -0.3 is 10.0 Å². The smallest absolute Gasteiger partial charge is 0.311 e. The molecule has 0 aliphatic carbocycles. The number of aliphatic carboxylic acids is 1. The van der Waals surface area contributed by atoms with Crippen molar-refractivity contribution in [3.05, 3.63) is 35.4 Å². The van der Waals surface area contributed by atoms with Crippen molar-refractivity contribution in [2.24, 2.45) is 5.41 Å². The van der Waals surface area contributed by atoms with Gasteiger partial charge in [-0.25, -0.2) is 8.78 Å². The van der Waals surface area contributed by atoms with Crippen LogP contribution >= 0.6 is 0 Å². The first-order valence-electron chi connectivity index (χ1n) is 8.03. The molecule has 3 rings (SSSR count). The number of nitrogens with zero attached hydrogens (tertiary/aromatic N) is 2. The minimum atomic E-state index is -0.839. The highest BCUT2D eigenvalue weighted by Gasteiger charge is 2.52. The summed E-state index contributed by atoms with van der Waals surface area (Å²) in [6, 6.07) is 4.12. The lowest BCUT2D eigenvalue weighted by Gasteiger charge is -2.51. The molecule has 2 saturated heterocycles. The number of carboxylic acid groups (broad SMARTS) is 1. The second-order valence-corrected chi connectivity index (χ2v) is 6.76. The Kier molecular flexibility index (Phi) is 4.38. The first-order valence-corrected chi connectivity index (χ1v) is 8.03. The lowest BCUT2D eigenvalue weighted by atomic mass is 9.68. The Balaban J connectivity index is 1.78. The maximum absolute atomic E-state index is 13.9. The van der Waals surface area contributed by atoms with Gasteiger partial charge in [0, 0.05) is 24.7 Å². The third kappa shape index (κ3) is 2.85. The fourth-order valence-corrected chi connectivity index (χ4v) is 4.10. The summed E-state index contributed by atoms with van der Waals surface area (Å²) in [5, 5.41) is 9.74. The van der Waals surface area contributed by atoms with E-state index in [-0.39, 0.29) is 6.04 Å². The maximum atomic E-state index is 13.9. The number of likely N-dealkylation sites (N-methyl/N-ethyl adjacent to an activating group) is 1. The molecule has 0 spiro atoms. The van der Waals surface area contributed by atoms with Crippen LogP contribution in [-0.4, -0.2) is 53.6 Å². The molecule has 126 valence electrons. The molecule has 0 saturated carbocycles. The number of hydrogen-bond acceptors (Lipinski definition) is 3. The van der Waals surface area contributed by atoms with E-state index in [1.165, 1.54) is 6.07 Å². The van der Waals surface area contributed by atoms with Crippen LogP contribution in [0.5, 0.6) is 0 Å². The number of piperidine rings is 2. The summed E-state index contributed by atoms with van der Waals surface area (Å²) in [5.74, 6) is -2.38. The molecule has 0 aromatic heterocycles. The lowest BCUT2D eigenvalue weighted by Crippen LogP contribution is -2.62. The Labute approximate surface area is 134 Å². The molecule has 1 N–H and O–H groups in total. The number of halogens is 2. The van der Waals surface area contributed by atoms with Gasteiger partial charge in [-0.05, 0) is 45.5 Å². The van der Waals surface area contributed by atoms with Crippen molar-refractivity contribution >= 4 is 5.97 Å². The largest absolute Gasteiger partial charge is 0.481 e. The van der Waals surface area contributed by atoms with E-state index >= 15 is 0 Å². The summed E-state index contributed by atoms with van der Waals surface area (Å²) in [7, 11) is 1.95. The van der Waals surface area contributed by atoms with E-state index < -0.39 is 23.0 Å². The third-order valence-corrected chi connectivity index (χ3v) is 5.46. The minimum absolute atomic E-state index is 0.0841. The summed E-state index contributed by atoms with van der Waals surface area (Å²) in [5.41, 5.74) is -0.379. The Morgan fingerprint density at radius 1 is 1.35 bits per heavy atom. The maximum Gasteiger partial charge on any atom is 0.311 e. The van der Waals surface area contributed by atoms with E-state index in [0.717, 1.165) is 19.0 Å². The van der Waals surface area contributed by atoms with Crippen molar-refractivity contribution in [1.82, 2.24) is 9.80 Å². The number of hydrogen-bond donors (Lipinski definition) is 1. The molecule has 0 unspecified atom stereocenters. The number of fused-ring (bicyclic) bond motifs is 1. The van der Waals surface area contributed by atoms with Gasteiger partial charge in [-0.3, -0.25) is 9.69 Å². The predicted molar refractivity (Wildman–Crippen MR) is 82.0 cm³/mol. The van der Waals surface area contributed by atoms with Crippen LogP contribution in [0.25, 0.3) is 0 Å². The monoisotopic (exact) mass is 324 g/mol. The Morgan fingerprint density at radius 2 is 2.13 bits per heavy atom. The van der Waals surface area contributed by atoms with Gasteiger partial charge in [0.2, 0.25) is 0 Å². The van der Waals surface area contributed by atoms with Gasteiger partial charge in [-0.15, -0.1) is 0 Å². The molecule has 2 aliphatic heterocycles. The molecule has 2 heterocycles. The highest BCUT2D eigenvalue weighted by Crippen LogP contribution is 2.42. The van der Waals surface area contributed by atoms with Crippen LogP contribution < -0.4 is 0 Å². The number of rotatable bonds is 3. The average molecular weight is 324 g/mol. The molecule has 2 aliphatic rings. The van der Waals surface area contributed by atoms with Crippen LogP contribution in [-0.2, 0) is 11.3 Å². The van der Waals surface area contributed by atoms with E-state index in [4.69, 9.17) is 0 Å². The molecule has 1 aromatic rings. The van der Waals surface area contributed by atoms with E-state index in [1.807, 2.05) is 11.9 Å². The predicted octanol–water partition coefficient (Wildman–Crippen LogP) is 2.34. The molecule has 0 radical (unpaired) electrons. The van der Waals surface area contributed by atoms with E-state index in [1.54, 1.807) is 6.07 Å². The van der Waals surface area contributed by atoms with Crippen molar-refractivity contribution in [3.63, 3.8) is 0 Å². The molecule has 0 bridgehead atoms. The molecule has 4 nitrogen and oxygen atoms in total. The third-order valence-electron chi connectivity index (χ3n) is 5.46. The number of carbonyl (C=O) groups is 1. The van der Waals surface area contributed by atoms with Crippen LogP contribution in [0.4, 0.5) is 8.78 Å². The van der Waals surface area contributed by atoms with Crippen molar-refractivity contribution < 1.29 is 18.7 Å². The molecule has 1 aromatic carbocycles. The minimum Gasteiger partial charge on any atom is -0.481 e. The molecular weight excluding hydrogens is 302 g/mol. The Morgan fingerprint density at radius 3 is 2.87 bits per heavy atom. The second-order valence-electron chi connectivity index (χ2n) is 6.76. The Hall–Kier alpha value is -1.53. The quantitative estimate of drug-likeness (QED) is 0.927. The first kappa shape index (κ1) is 16.3. The lowest BCUT2D eigenvalue weighted by molar-refractivity contribution is -0.162. The van der Waals surface area contributed by atoms with Gasteiger partial charge in [0.05, 0.1) is 5.41 Å². The number of likely N-dealkylation sites (tertiary alicyclic amines) is 2. The van der Waals surface area contributed by atoms with Crippen molar-refractivity contribution in [3.8, 4) is 0 Å². The first-order chi connectivity index (χ1) is 10.9. The molecule has 2 atom stereocenters. The van der Waals surface area contributed by atoms with Gasteiger partial charge in [-0.2, -0.15) is 0 Å². The Bertz CT molecular complexity index is 610. The van der Waals surface area contributed by atoms with Crippen LogP contribution in [0.15, 0.2) is 18.2 Å². The van der Waals surface area contributed by atoms with Gasteiger partial charge in [0.1, 0.15) is 0 Å². The SMILES string of the molecule is CN1CCC[C@]2(C(=O)O)CCN(Cc3cccc(F)c3F)C[C@@H]12. The standard InChI is InChI=1S/C17H22F2N2O2/c1-20-8-3-6-17(16(22)23)7-9-21(11-14(17)20)10-12-4-2-5-13(18)15(12)19/h2,4-5,14H,3,6-11H2,1H3,(H,22,23)/t14-,17+/m1/s1. The highest BCUT2D eigenvalue weighted by atomic mass is 19.2. The fraction of sp³-hybridized carbons (Fsp3) is 0.588. The molecule has 2 fully saturated rings.